The Morgan fingerprint density at radius 1 is 1.00 bits per heavy atom. The molecular formula is C24H21N3O3. The number of para-hydroxylation sites is 1. The molecule has 0 bridgehead atoms. The fourth-order valence-corrected chi connectivity index (χ4v) is 2.82. The number of aromatic nitrogens is 1. The first kappa shape index (κ1) is 20.7. The minimum absolute atomic E-state index is 0.193. The van der Waals surface area contributed by atoms with Gasteiger partial charge in [-0.3, -0.25) is 14.8 Å². The van der Waals surface area contributed by atoms with Gasteiger partial charge >= 0.3 is 5.97 Å². The van der Waals surface area contributed by atoms with Crippen LogP contribution in [0.4, 0.5) is 5.69 Å². The first-order valence-corrected chi connectivity index (χ1v) is 9.47. The molecule has 1 heterocycles. The second kappa shape index (κ2) is 9.93. The van der Waals surface area contributed by atoms with E-state index in [1.165, 1.54) is 6.20 Å². The first-order valence-electron chi connectivity index (χ1n) is 9.47. The van der Waals surface area contributed by atoms with Crippen LogP contribution in [-0.2, 0) is 4.79 Å². The van der Waals surface area contributed by atoms with Gasteiger partial charge in [-0.05, 0) is 24.6 Å². The molecule has 2 N–H and O–H groups in total. The molecule has 0 spiro atoms. The summed E-state index contributed by atoms with van der Waals surface area (Å²) in [5, 5.41) is 12.2. The van der Waals surface area contributed by atoms with Gasteiger partial charge in [-0.25, -0.2) is 4.79 Å². The number of anilines is 1. The maximum atomic E-state index is 12.6. The predicted molar refractivity (Wildman–Crippen MR) is 117 cm³/mol. The van der Waals surface area contributed by atoms with Crippen LogP contribution >= 0.6 is 0 Å². The Hall–Kier alpha value is -4.06. The van der Waals surface area contributed by atoms with Crippen LogP contribution in [0.15, 0.2) is 95.8 Å². The van der Waals surface area contributed by atoms with E-state index in [9.17, 15) is 14.7 Å². The number of nitrogens with one attached hydrogen (secondary N) is 1. The van der Waals surface area contributed by atoms with Crippen molar-refractivity contribution in [1.82, 2.24) is 4.98 Å². The molecule has 3 aromatic rings. The fourth-order valence-electron chi connectivity index (χ4n) is 2.82. The highest BCUT2D eigenvalue weighted by Gasteiger charge is 2.15. The van der Waals surface area contributed by atoms with Crippen molar-refractivity contribution in [1.29, 1.82) is 0 Å². The van der Waals surface area contributed by atoms with Crippen molar-refractivity contribution >= 4 is 23.3 Å². The van der Waals surface area contributed by atoms with Crippen LogP contribution in [0.3, 0.4) is 0 Å². The number of carbonyl (C=O) groups excluding carboxylic acids is 1. The summed E-state index contributed by atoms with van der Waals surface area (Å²) in [5.74, 6) is -1.35. The highest BCUT2D eigenvalue weighted by atomic mass is 16.4. The number of carbonyl (C=O) groups is 2. The summed E-state index contributed by atoms with van der Waals surface area (Å²) in [5.41, 5.74) is 3.07. The van der Waals surface area contributed by atoms with E-state index in [1.54, 1.807) is 37.4 Å². The van der Waals surface area contributed by atoms with Crippen LogP contribution in [0.1, 0.15) is 35.0 Å². The average Bonchev–Trinajstić information content (AvgIpc) is 2.78. The topological polar surface area (TPSA) is 91.7 Å². The number of nitrogens with zero attached hydrogens (tertiary/aromatic N) is 2. The predicted octanol–water partition coefficient (Wildman–Crippen LogP) is 4.55. The molecule has 3 rings (SSSR count). The number of carboxylic acids is 1. The third kappa shape index (κ3) is 5.05. The number of aliphatic imine (C=N–C) groups is 1. The lowest BCUT2D eigenvalue weighted by atomic mass is 10.00. The number of amides is 1. The van der Waals surface area contributed by atoms with Gasteiger partial charge in [-0.1, -0.05) is 61.5 Å². The van der Waals surface area contributed by atoms with Crippen LogP contribution in [0.25, 0.3) is 0 Å². The van der Waals surface area contributed by atoms with Crippen LogP contribution in [0, 0.1) is 0 Å². The van der Waals surface area contributed by atoms with Gasteiger partial charge in [-0.2, -0.15) is 0 Å². The van der Waals surface area contributed by atoms with Crippen molar-refractivity contribution in [3.05, 3.63) is 108 Å². The van der Waals surface area contributed by atoms with Gasteiger partial charge < -0.3 is 10.4 Å². The standard InChI is InChI=1S/C24H21N3O3/c1-2-17(24(29)30)16-26-22(18-10-4-3-5-11-18)19-12-6-7-13-20(19)27-23(28)21-14-8-9-15-25-21/h3-16H,2H2,1H3,(H,27,28)(H,29,30)/b17-16-,26-22?. The van der Waals surface area contributed by atoms with Crippen LogP contribution in [0.2, 0.25) is 0 Å². The van der Waals surface area contributed by atoms with E-state index in [0.29, 0.717) is 29.1 Å². The van der Waals surface area contributed by atoms with Crippen LogP contribution < -0.4 is 5.32 Å². The highest BCUT2D eigenvalue weighted by molar-refractivity contribution is 6.18. The number of hydrogen-bond acceptors (Lipinski definition) is 4. The summed E-state index contributed by atoms with van der Waals surface area (Å²) in [6.07, 6.45) is 3.27. The van der Waals surface area contributed by atoms with Crippen molar-refractivity contribution in [3.63, 3.8) is 0 Å². The number of pyridine rings is 1. The molecule has 0 saturated heterocycles. The van der Waals surface area contributed by atoms with Gasteiger partial charge in [0.15, 0.2) is 0 Å². The molecule has 0 fully saturated rings. The zero-order valence-electron chi connectivity index (χ0n) is 16.4. The SMILES string of the molecule is CC/C(=C/N=C(c1ccccc1)c1ccccc1NC(=O)c1ccccn1)C(=O)O. The Bertz CT molecular complexity index is 1090. The maximum Gasteiger partial charge on any atom is 0.333 e. The van der Waals surface area contributed by atoms with Gasteiger partial charge in [0.25, 0.3) is 5.91 Å². The smallest absolute Gasteiger partial charge is 0.333 e. The second-order valence-electron chi connectivity index (χ2n) is 6.37. The summed E-state index contributed by atoms with van der Waals surface area (Å²) in [4.78, 5) is 32.6. The van der Waals surface area contributed by atoms with Crippen LogP contribution in [-0.4, -0.2) is 27.7 Å². The molecule has 30 heavy (non-hydrogen) atoms. The van der Waals surface area contributed by atoms with E-state index >= 15 is 0 Å². The molecule has 2 aromatic carbocycles. The van der Waals surface area contributed by atoms with Gasteiger partial charge in [-0.15, -0.1) is 0 Å². The van der Waals surface area contributed by atoms with Crippen molar-refractivity contribution in [2.75, 3.05) is 5.32 Å². The number of carboxylic acid groups (broad SMARTS) is 1. The largest absolute Gasteiger partial charge is 0.478 e. The molecule has 0 aliphatic heterocycles. The van der Waals surface area contributed by atoms with E-state index in [1.807, 2.05) is 48.5 Å². The normalized spacial score (nSPS) is 11.8. The Kier molecular flexibility index (Phi) is 6.84. The third-order valence-electron chi connectivity index (χ3n) is 4.38. The highest BCUT2D eigenvalue weighted by Crippen LogP contribution is 2.21. The first-order chi connectivity index (χ1) is 14.6. The lowest BCUT2D eigenvalue weighted by molar-refractivity contribution is -0.132. The van der Waals surface area contributed by atoms with E-state index in [-0.39, 0.29) is 11.5 Å². The third-order valence-corrected chi connectivity index (χ3v) is 4.38. The van der Waals surface area contributed by atoms with Gasteiger partial charge in [0.2, 0.25) is 0 Å². The molecule has 1 amide bonds. The Morgan fingerprint density at radius 3 is 2.37 bits per heavy atom. The molecular weight excluding hydrogens is 378 g/mol. The van der Waals surface area contributed by atoms with Crippen molar-refractivity contribution in [3.8, 4) is 0 Å². The van der Waals surface area contributed by atoms with Crippen molar-refractivity contribution in [2.24, 2.45) is 4.99 Å². The zero-order valence-corrected chi connectivity index (χ0v) is 16.4. The van der Waals surface area contributed by atoms with Gasteiger partial charge in [0.1, 0.15) is 5.69 Å². The lowest BCUT2D eigenvalue weighted by Crippen LogP contribution is -2.16. The maximum absolute atomic E-state index is 12.6. The molecule has 0 atom stereocenters. The molecule has 1 aromatic heterocycles. The van der Waals surface area contributed by atoms with Crippen LogP contribution in [0.5, 0.6) is 0 Å². The summed E-state index contributed by atoms with van der Waals surface area (Å²) >= 11 is 0. The van der Waals surface area contributed by atoms with Gasteiger partial charge in [0.05, 0.1) is 17.0 Å². The molecule has 0 aliphatic carbocycles. The van der Waals surface area contributed by atoms with Crippen molar-refractivity contribution < 1.29 is 14.7 Å². The number of benzene rings is 2. The van der Waals surface area contributed by atoms with E-state index in [2.05, 4.69) is 15.3 Å². The Labute approximate surface area is 174 Å². The molecule has 0 unspecified atom stereocenters. The molecule has 0 aliphatic rings. The average molecular weight is 399 g/mol. The molecule has 6 heteroatoms. The molecule has 6 nitrogen and oxygen atoms in total. The quantitative estimate of drug-likeness (QED) is 0.450. The summed E-state index contributed by atoms with van der Waals surface area (Å²) in [6, 6.07) is 21.8. The molecule has 0 saturated carbocycles. The lowest BCUT2D eigenvalue weighted by Gasteiger charge is -2.13. The summed E-state index contributed by atoms with van der Waals surface area (Å²) in [7, 11) is 0. The monoisotopic (exact) mass is 399 g/mol. The number of hydrogen-bond donors (Lipinski definition) is 2. The number of rotatable bonds is 7. The van der Waals surface area contributed by atoms with Crippen molar-refractivity contribution in [2.45, 2.75) is 13.3 Å². The van der Waals surface area contributed by atoms with E-state index < -0.39 is 5.97 Å². The van der Waals surface area contributed by atoms with Gasteiger partial charge in [0, 0.05) is 23.5 Å². The second-order valence-corrected chi connectivity index (χ2v) is 6.37. The summed E-state index contributed by atoms with van der Waals surface area (Å²) < 4.78 is 0. The zero-order chi connectivity index (χ0) is 21.3. The Morgan fingerprint density at radius 2 is 1.70 bits per heavy atom. The van der Waals surface area contributed by atoms with E-state index in [4.69, 9.17) is 0 Å². The fraction of sp³-hybridized carbons (Fsp3) is 0.0833. The number of aliphatic carboxylic acids is 1. The minimum Gasteiger partial charge on any atom is -0.478 e. The minimum atomic E-state index is -1.01. The molecule has 150 valence electrons. The molecule has 0 radical (unpaired) electrons. The Balaban J connectivity index is 2.07. The summed E-state index contributed by atoms with van der Waals surface area (Å²) in [6.45, 7) is 1.76. The van der Waals surface area contributed by atoms with E-state index in [0.717, 1.165) is 5.56 Å².